The zero-order valence-electron chi connectivity index (χ0n) is 10.0. The lowest BCUT2D eigenvalue weighted by Crippen LogP contribution is -2.20. The molecule has 0 amide bonds. The summed E-state index contributed by atoms with van der Waals surface area (Å²) in [5, 5.41) is 0. The number of hydrogen-bond donors (Lipinski definition) is 2. The van der Waals surface area contributed by atoms with E-state index >= 15 is 0 Å². The summed E-state index contributed by atoms with van der Waals surface area (Å²) in [5.74, 6) is 0. The summed E-state index contributed by atoms with van der Waals surface area (Å²) in [6.07, 6.45) is 0. The van der Waals surface area contributed by atoms with E-state index in [-0.39, 0.29) is 5.41 Å². The molecule has 2 aromatic carbocycles. The Labute approximate surface area is 114 Å². The van der Waals surface area contributed by atoms with Crippen molar-refractivity contribution in [2.24, 2.45) is 0 Å². The summed E-state index contributed by atoms with van der Waals surface area (Å²) in [7, 11) is 0. The molecule has 0 bridgehead atoms. The zero-order valence-corrected chi connectivity index (χ0v) is 11.8. The molecule has 0 atom stereocenters. The van der Waals surface area contributed by atoms with Crippen LogP contribution in [0.5, 0.6) is 0 Å². The van der Waals surface area contributed by atoms with Crippen LogP contribution in [0.2, 0.25) is 0 Å². The number of rotatable bonds is 2. The Hall–Kier alpha value is -0.860. The fourth-order valence-electron chi connectivity index (χ4n) is 2.15. The van der Waals surface area contributed by atoms with Gasteiger partial charge in [0.05, 0.1) is 0 Å². The van der Waals surface area contributed by atoms with Gasteiger partial charge in [0, 0.05) is 15.2 Å². The highest BCUT2D eigenvalue weighted by Gasteiger charge is 2.26. The maximum absolute atomic E-state index is 4.55. The first-order valence-corrected chi connectivity index (χ1v) is 6.50. The second-order valence-electron chi connectivity index (χ2n) is 4.66. The van der Waals surface area contributed by atoms with Crippen LogP contribution in [-0.4, -0.2) is 0 Å². The molecule has 0 nitrogen and oxygen atoms in total. The second-order valence-corrected chi connectivity index (χ2v) is 5.62. The molecule has 0 N–H and O–H groups in total. The molecule has 2 aromatic rings. The van der Waals surface area contributed by atoms with Gasteiger partial charge in [0.1, 0.15) is 0 Å². The average molecular weight is 260 g/mol. The van der Waals surface area contributed by atoms with Crippen LogP contribution in [0.15, 0.2) is 58.3 Å². The Balaban J connectivity index is 2.58. The largest absolute Gasteiger partial charge is 0.143 e. The molecular formula is C15H16S2. The molecule has 0 unspecified atom stereocenters. The number of thiol groups is 2. The average Bonchev–Trinajstić information content (AvgIpc) is 2.29. The third-order valence-electron chi connectivity index (χ3n) is 3.15. The van der Waals surface area contributed by atoms with E-state index in [1.54, 1.807) is 0 Å². The van der Waals surface area contributed by atoms with E-state index in [1.165, 1.54) is 11.1 Å². The van der Waals surface area contributed by atoms with Gasteiger partial charge in [-0.1, -0.05) is 50.2 Å². The topological polar surface area (TPSA) is 0 Å². The van der Waals surface area contributed by atoms with Gasteiger partial charge < -0.3 is 0 Å². The monoisotopic (exact) mass is 260 g/mol. The van der Waals surface area contributed by atoms with E-state index in [1.807, 2.05) is 24.3 Å². The minimum atomic E-state index is -0.0866. The minimum Gasteiger partial charge on any atom is -0.143 e. The van der Waals surface area contributed by atoms with Gasteiger partial charge in [0.15, 0.2) is 0 Å². The van der Waals surface area contributed by atoms with Crippen molar-refractivity contribution >= 4 is 25.3 Å². The van der Waals surface area contributed by atoms with Crippen molar-refractivity contribution < 1.29 is 0 Å². The fourth-order valence-corrected chi connectivity index (χ4v) is 3.03. The third kappa shape index (κ3) is 2.38. The maximum atomic E-state index is 4.55. The molecule has 0 aliphatic rings. The Morgan fingerprint density at radius 3 is 1.41 bits per heavy atom. The van der Waals surface area contributed by atoms with E-state index < -0.39 is 0 Å². The first-order chi connectivity index (χ1) is 8.03. The molecule has 2 heteroatoms. The molecule has 0 heterocycles. The highest BCUT2D eigenvalue weighted by Crippen LogP contribution is 2.37. The first kappa shape index (κ1) is 12.6. The van der Waals surface area contributed by atoms with Crippen LogP contribution in [-0.2, 0) is 5.41 Å². The molecule has 0 saturated heterocycles. The van der Waals surface area contributed by atoms with Gasteiger partial charge in [0.25, 0.3) is 0 Å². The second kappa shape index (κ2) is 4.79. The van der Waals surface area contributed by atoms with Gasteiger partial charge in [-0.05, 0) is 23.3 Å². The van der Waals surface area contributed by atoms with Gasteiger partial charge in [-0.15, -0.1) is 25.3 Å². The van der Waals surface area contributed by atoms with Crippen LogP contribution in [0.4, 0.5) is 0 Å². The van der Waals surface area contributed by atoms with Gasteiger partial charge in [-0.3, -0.25) is 0 Å². The Morgan fingerprint density at radius 1 is 0.706 bits per heavy atom. The minimum absolute atomic E-state index is 0.0866. The van der Waals surface area contributed by atoms with Gasteiger partial charge in [-0.25, -0.2) is 0 Å². The van der Waals surface area contributed by atoms with Crippen molar-refractivity contribution in [2.75, 3.05) is 0 Å². The normalized spacial score (nSPS) is 11.5. The SMILES string of the molecule is CC(C)(c1ccccc1S)c1ccccc1S. The predicted octanol–water partition coefficient (Wildman–Crippen LogP) is 4.59. The van der Waals surface area contributed by atoms with Crippen LogP contribution in [0.1, 0.15) is 25.0 Å². The van der Waals surface area contributed by atoms with Crippen LogP contribution in [0.3, 0.4) is 0 Å². The fraction of sp³-hybridized carbons (Fsp3) is 0.200. The van der Waals surface area contributed by atoms with Gasteiger partial charge >= 0.3 is 0 Å². The summed E-state index contributed by atoms with van der Waals surface area (Å²) in [6.45, 7) is 4.41. The number of benzene rings is 2. The highest BCUT2D eigenvalue weighted by molar-refractivity contribution is 7.80. The molecular weight excluding hydrogens is 244 g/mol. The van der Waals surface area contributed by atoms with Gasteiger partial charge in [0.2, 0.25) is 0 Å². The molecule has 0 saturated carbocycles. The molecule has 0 radical (unpaired) electrons. The van der Waals surface area contributed by atoms with Crippen molar-refractivity contribution in [3.05, 3.63) is 59.7 Å². The molecule has 0 aromatic heterocycles. The first-order valence-electron chi connectivity index (χ1n) is 5.60. The lowest BCUT2D eigenvalue weighted by Gasteiger charge is -2.28. The summed E-state index contributed by atoms with van der Waals surface area (Å²) < 4.78 is 0. The Morgan fingerprint density at radius 2 is 1.06 bits per heavy atom. The molecule has 0 aliphatic heterocycles. The highest BCUT2D eigenvalue weighted by atomic mass is 32.1. The molecule has 0 fully saturated rings. The zero-order chi connectivity index (χ0) is 12.5. The van der Waals surface area contributed by atoms with E-state index in [9.17, 15) is 0 Å². The lowest BCUT2D eigenvalue weighted by atomic mass is 9.78. The molecule has 17 heavy (non-hydrogen) atoms. The van der Waals surface area contributed by atoms with Crippen molar-refractivity contribution in [2.45, 2.75) is 29.1 Å². The van der Waals surface area contributed by atoms with Crippen LogP contribution in [0.25, 0.3) is 0 Å². The van der Waals surface area contributed by atoms with Crippen molar-refractivity contribution in [1.82, 2.24) is 0 Å². The van der Waals surface area contributed by atoms with Crippen LogP contribution in [0, 0.1) is 0 Å². The van der Waals surface area contributed by atoms with Gasteiger partial charge in [-0.2, -0.15) is 0 Å². The van der Waals surface area contributed by atoms with E-state index in [0.717, 1.165) is 9.79 Å². The summed E-state index contributed by atoms with van der Waals surface area (Å²) >= 11 is 9.10. The quantitative estimate of drug-likeness (QED) is 0.725. The van der Waals surface area contributed by atoms with E-state index in [4.69, 9.17) is 0 Å². The molecule has 0 aliphatic carbocycles. The smallest absolute Gasteiger partial charge is 0.0168 e. The summed E-state index contributed by atoms with van der Waals surface area (Å²) in [5.41, 5.74) is 2.37. The molecule has 0 spiro atoms. The Kier molecular flexibility index (Phi) is 3.55. The lowest BCUT2D eigenvalue weighted by molar-refractivity contribution is 0.615. The summed E-state index contributed by atoms with van der Waals surface area (Å²) in [4.78, 5) is 2.04. The molecule has 2 rings (SSSR count). The maximum Gasteiger partial charge on any atom is 0.0168 e. The molecule has 88 valence electrons. The summed E-state index contributed by atoms with van der Waals surface area (Å²) in [6, 6.07) is 16.4. The third-order valence-corrected chi connectivity index (χ3v) is 3.93. The standard InChI is InChI=1S/C15H16S2/c1-15(2,11-7-3-5-9-13(11)16)12-8-4-6-10-14(12)17/h3-10,16-17H,1-2H3. The van der Waals surface area contributed by atoms with Crippen molar-refractivity contribution in [1.29, 1.82) is 0 Å². The Bertz CT molecular complexity index is 482. The van der Waals surface area contributed by atoms with Crippen LogP contribution < -0.4 is 0 Å². The van der Waals surface area contributed by atoms with E-state index in [2.05, 4.69) is 63.4 Å². The van der Waals surface area contributed by atoms with Crippen molar-refractivity contribution in [3.63, 3.8) is 0 Å². The van der Waals surface area contributed by atoms with Crippen molar-refractivity contribution in [3.8, 4) is 0 Å². The number of hydrogen-bond acceptors (Lipinski definition) is 2. The van der Waals surface area contributed by atoms with E-state index in [0.29, 0.717) is 0 Å². The van der Waals surface area contributed by atoms with Crippen LogP contribution >= 0.6 is 25.3 Å². The predicted molar refractivity (Wildman–Crippen MR) is 79.5 cm³/mol.